The van der Waals surface area contributed by atoms with Crippen molar-refractivity contribution in [2.75, 3.05) is 37.7 Å². The van der Waals surface area contributed by atoms with Crippen LogP contribution < -0.4 is 14.4 Å². The Morgan fingerprint density at radius 3 is 2.13 bits per heavy atom. The van der Waals surface area contributed by atoms with Crippen LogP contribution in [0.1, 0.15) is 0 Å². The SMILES string of the molecule is O=C(COc1ccccc1O)N1CCN(c2ccc(Oc3ccccc3)cc2)CC1. The molecule has 1 saturated heterocycles. The molecule has 0 saturated carbocycles. The van der Waals surface area contributed by atoms with Crippen LogP contribution in [0.15, 0.2) is 78.9 Å². The standard InChI is InChI=1S/C24H24N2O4/c27-22-8-4-5-9-23(22)29-18-24(28)26-16-14-25(15-17-26)19-10-12-21(13-11-19)30-20-6-2-1-3-7-20/h1-13,27H,14-18H2. The number of ether oxygens (including phenoxy) is 2. The monoisotopic (exact) mass is 404 g/mol. The highest BCUT2D eigenvalue weighted by Gasteiger charge is 2.22. The van der Waals surface area contributed by atoms with Gasteiger partial charge in [-0.1, -0.05) is 30.3 Å². The smallest absolute Gasteiger partial charge is 0.260 e. The highest BCUT2D eigenvalue weighted by Crippen LogP contribution is 2.26. The summed E-state index contributed by atoms with van der Waals surface area (Å²) < 4.78 is 11.3. The molecule has 0 unspecified atom stereocenters. The van der Waals surface area contributed by atoms with Crippen LogP contribution in [0.25, 0.3) is 0 Å². The van der Waals surface area contributed by atoms with Crippen LogP contribution in [-0.4, -0.2) is 48.7 Å². The van der Waals surface area contributed by atoms with Gasteiger partial charge in [-0.15, -0.1) is 0 Å². The van der Waals surface area contributed by atoms with Crippen molar-refractivity contribution in [2.45, 2.75) is 0 Å². The normalized spacial score (nSPS) is 13.7. The van der Waals surface area contributed by atoms with Gasteiger partial charge in [0.1, 0.15) is 11.5 Å². The zero-order valence-corrected chi connectivity index (χ0v) is 16.6. The number of phenolic OH excluding ortho intramolecular Hbond substituents is 1. The summed E-state index contributed by atoms with van der Waals surface area (Å²) in [6.45, 7) is 2.68. The molecule has 0 bridgehead atoms. The summed E-state index contributed by atoms with van der Waals surface area (Å²) in [6, 6.07) is 24.3. The lowest BCUT2D eigenvalue weighted by molar-refractivity contribution is -0.133. The number of benzene rings is 3. The summed E-state index contributed by atoms with van der Waals surface area (Å²) in [6.07, 6.45) is 0. The third kappa shape index (κ3) is 4.84. The van der Waals surface area contributed by atoms with Crippen molar-refractivity contribution in [1.29, 1.82) is 0 Å². The Bertz CT molecular complexity index is 968. The molecule has 1 amide bonds. The second-order valence-electron chi connectivity index (χ2n) is 7.03. The van der Waals surface area contributed by atoms with E-state index in [0.29, 0.717) is 18.8 Å². The van der Waals surface area contributed by atoms with Crippen molar-refractivity contribution in [2.24, 2.45) is 0 Å². The molecule has 1 N–H and O–H groups in total. The zero-order chi connectivity index (χ0) is 20.8. The van der Waals surface area contributed by atoms with Crippen molar-refractivity contribution in [3.63, 3.8) is 0 Å². The Morgan fingerprint density at radius 2 is 1.43 bits per heavy atom. The average molecular weight is 404 g/mol. The molecule has 30 heavy (non-hydrogen) atoms. The molecule has 154 valence electrons. The second-order valence-corrected chi connectivity index (χ2v) is 7.03. The van der Waals surface area contributed by atoms with E-state index in [1.807, 2.05) is 54.6 Å². The zero-order valence-electron chi connectivity index (χ0n) is 16.6. The number of anilines is 1. The fourth-order valence-electron chi connectivity index (χ4n) is 3.37. The largest absolute Gasteiger partial charge is 0.504 e. The van der Waals surface area contributed by atoms with Crippen LogP contribution >= 0.6 is 0 Å². The van der Waals surface area contributed by atoms with Gasteiger partial charge >= 0.3 is 0 Å². The van der Waals surface area contributed by atoms with Gasteiger partial charge in [-0.25, -0.2) is 0 Å². The van der Waals surface area contributed by atoms with E-state index in [2.05, 4.69) is 4.90 Å². The summed E-state index contributed by atoms with van der Waals surface area (Å²) in [5, 5.41) is 9.73. The highest BCUT2D eigenvalue weighted by atomic mass is 16.5. The summed E-state index contributed by atoms with van der Waals surface area (Å²) in [4.78, 5) is 16.5. The first-order valence-corrected chi connectivity index (χ1v) is 9.95. The number of carbonyl (C=O) groups excluding carboxylic acids is 1. The maximum atomic E-state index is 12.4. The minimum absolute atomic E-state index is 0.0369. The van der Waals surface area contributed by atoms with E-state index >= 15 is 0 Å². The molecule has 6 heteroatoms. The van der Waals surface area contributed by atoms with Gasteiger partial charge in [0.15, 0.2) is 18.1 Å². The van der Waals surface area contributed by atoms with Crippen molar-refractivity contribution in [3.8, 4) is 23.0 Å². The van der Waals surface area contributed by atoms with Crippen LogP contribution in [0.3, 0.4) is 0 Å². The van der Waals surface area contributed by atoms with E-state index in [9.17, 15) is 9.90 Å². The number of nitrogens with zero attached hydrogens (tertiary/aromatic N) is 2. The summed E-state index contributed by atoms with van der Waals surface area (Å²) in [7, 11) is 0. The Labute approximate surface area is 175 Å². The van der Waals surface area contributed by atoms with E-state index in [1.165, 1.54) is 6.07 Å². The number of piperazine rings is 1. The number of phenols is 1. The number of hydrogen-bond donors (Lipinski definition) is 1. The molecule has 3 aromatic carbocycles. The van der Waals surface area contributed by atoms with Gasteiger partial charge in [-0.2, -0.15) is 0 Å². The molecule has 6 nitrogen and oxygen atoms in total. The summed E-state index contributed by atoms with van der Waals surface area (Å²) in [5.41, 5.74) is 1.10. The van der Waals surface area contributed by atoms with E-state index < -0.39 is 0 Å². The van der Waals surface area contributed by atoms with Crippen LogP contribution in [0, 0.1) is 0 Å². The van der Waals surface area contributed by atoms with Gasteiger partial charge in [0.2, 0.25) is 0 Å². The minimum Gasteiger partial charge on any atom is -0.504 e. The molecule has 1 heterocycles. The van der Waals surface area contributed by atoms with Gasteiger partial charge in [0.25, 0.3) is 5.91 Å². The lowest BCUT2D eigenvalue weighted by Crippen LogP contribution is -2.50. The third-order valence-electron chi connectivity index (χ3n) is 5.03. The molecule has 4 rings (SSSR count). The molecule has 0 aromatic heterocycles. The van der Waals surface area contributed by atoms with Crippen molar-refractivity contribution < 1.29 is 19.4 Å². The minimum atomic E-state index is -0.0803. The number of amides is 1. The van der Waals surface area contributed by atoms with E-state index in [0.717, 1.165) is 30.3 Å². The maximum absolute atomic E-state index is 12.4. The second kappa shape index (κ2) is 9.22. The molecule has 3 aromatic rings. The number of hydrogen-bond acceptors (Lipinski definition) is 5. The lowest BCUT2D eigenvalue weighted by atomic mass is 10.2. The molecule has 0 radical (unpaired) electrons. The van der Waals surface area contributed by atoms with Crippen LogP contribution in [0.4, 0.5) is 5.69 Å². The molecule has 1 aliphatic heterocycles. The van der Waals surface area contributed by atoms with Gasteiger partial charge in [-0.05, 0) is 48.5 Å². The molecule has 1 aliphatic rings. The third-order valence-corrected chi connectivity index (χ3v) is 5.03. The van der Waals surface area contributed by atoms with Gasteiger partial charge in [0, 0.05) is 31.9 Å². The number of aromatic hydroxyl groups is 1. The van der Waals surface area contributed by atoms with Crippen molar-refractivity contribution in [1.82, 2.24) is 4.90 Å². The average Bonchev–Trinajstić information content (AvgIpc) is 2.80. The van der Waals surface area contributed by atoms with Gasteiger partial charge < -0.3 is 24.4 Å². The Balaban J connectivity index is 1.27. The maximum Gasteiger partial charge on any atom is 0.260 e. The number of carbonyl (C=O) groups is 1. The number of rotatable bonds is 6. The molecule has 0 spiro atoms. The fourth-order valence-corrected chi connectivity index (χ4v) is 3.37. The Morgan fingerprint density at radius 1 is 0.800 bits per heavy atom. The van der Waals surface area contributed by atoms with Crippen LogP contribution in [0.5, 0.6) is 23.0 Å². The quantitative estimate of drug-likeness (QED) is 0.675. The molecule has 1 fully saturated rings. The number of para-hydroxylation sites is 3. The van der Waals surface area contributed by atoms with E-state index in [1.54, 1.807) is 23.1 Å². The van der Waals surface area contributed by atoms with Crippen LogP contribution in [0.2, 0.25) is 0 Å². The summed E-state index contributed by atoms with van der Waals surface area (Å²) in [5.74, 6) is 1.88. The van der Waals surface area contributed by atoms with Gasteiger partial charge in [-0.3, -0.25) is 4.79 Å². The first-order chi connectivity index (χ1) is 14.7. The Kier molecular flexibility index (Phi) is 6.03. The van der Waals surface area contributed by atoms with Crippen molar-refractivity contribution in [3.05, 3.63) is 78.9 Å². The van der Waals surface area contributed by atoms with E-state index in [-0.39, 0.29) is 18.3 Å². The predicted octanol–water partition coefficient (Wildman–Crippen LogP) is 3.91. The molecular weight excluding hydrogens is 380 g/mol. The molecule has 0 atom stereocenters. The molecular formula is C24H24N2O4. The Hall–Kier alpha value is -3.67. The first-order valence-electron chi connectivity index (χ1n) is 9.95. The lowest BCUT2D eigenvalue weighted by Gasteiger charge is -2.36. The first kappa shape index (κ1) is 19.6. The van der Waals surface area contributed by atoms with E-state index in [4.69, 9.17) is 9.47 Å². The fraction of sp³-hybridized carbons (Fsp3) is 0.208. The highest BCUT2D eigenvalue weighted by molar-refractivity contribution is 5.78. The molecule has 0 aliphatic carbocycles. The van der Waals surface area contributed by atoms with Gasteiger partial charge in [0.05, 0.1) is 0 Å². The topological polar surface area (TPSA) is 62.2 Å². The van der Waals surface area contributed by atoms with Crippen molar-refractivity contribution >= 4 is 11.6 Å². The summed E-state index contributed by atoms with van der Waals surface area (Å²) >= 11 is 0. The predicted molar refractivity (Wildman–Crippen MR) is 115 cm³/mol. The van der Waals surface area contributed by atoms with Crippen LogP contribution in [-0.2, 0) is 4.79 Å².